The van der Waals surface area contributed by atoms with Crippen LogP contribution >= 0.6 is 0 Å². The van der Waals surface area contributed by atoms with Gasteiger partial charge in [-0.25, -0.2) is 4.39 Å². The van der Waals surface area contributed by atoms with E-state index in [1.807, 2.05) is 0 Å². The minimum atomic E-state index is -4.65. The van der Waals surface area contributed by atoms with Crippen LogP contribution in [0.15, 0.2) is 36.5 Å². The molecule has 1 aromatic heterocycles. The Labute approximate surface area is 116 Å². The second-order valence-electron chi connectivity index (χ2n) is 4.09. The second kappa shape index (κ2) is 5.86. The summed E-state index contributed by atoms with van der Waals surface area (Å²) in [5, 5.41) is 9.55. The van der Waals surface area contributed by atoms with Gasteiger partial charge in [0.05, 0.1) is 23.4 Å². The molecule has 0 saturated carbocycles. The Morgan fingerprint density at radius 1 is 1.24 bits per heavy atom. The number of alkyl halides is 3. The highest BCUT2D eigenvalue weighted by Gasteiger charge is 2.31. The van der Waals surface area contributed by atoms with Gasteiger partial charge >= 0.3 is 6.18 Å². The summed E-state index contributed by atoms with van der Waals surface area (Å²) in [4.78, 5) is 11.8. The highest BCUT2D eigenvalue weighted by atomic mass is 19.4. The average Bonchev–Trinajstić information content (AvgIpc) is 2.45. The first-order valence-electron chi connectivity index (χ1n) is 5.79. The fourth-order valence-corrected chi connectivity index (χ4v) is 1.57. The average molecular weight is 299 g/mol. The fraction of sp³-hybridized carbons (Fsp3) is 0.154. The quantitative estimate of drug-likeness (QED) is 0.886. The number of nitrogens with zero attached hydrogens (tertiary/aromatic N) is 2. The van der Waals surface area contributed by atoms with Gasteiger partial charge in [0, 0.05) is 6.20 Å². The largest absolute Gasteiger partial charge is 0.416 e. The molecule has 0 radical (unpaired) electrons. The molecule has 0 aliphatic heterocycles. The number of aromatic nitrogens is 2. The Kier molecular flexibility index (Phi) is 4.15. The molecular formula is C13H9F4N3O. The summed E-state index contributed by atoms with van der Waals surface area (Å²) in [6, 6.07) is 4.81. The Morgan fingerprint density at radius 2 is 2.00 bits per heavy atom. The Bertz CT molecular complexity index is 644. The maximum absolute atomic E-state index is 13.5. The fourth-order valence-electron chi connectivity index (χ4n) is 1.57. The molecule has 1 heterocycles. The van der Waals surface area contributed by atoms with E-state index in [9.17, 15) is 22.4 Å². The van der Waals surface area contributed by atoms with E-state index in [-0.39, 0.29) is 6.54 Å². The summed E-state index contributed by atoms with van der Waals surface area (Å²) in [5.41, 5.74) is -1.36. The van der Waals surface area contributed by atoms with Crippen LogP contribution in [0.2, 0.25) is 0 Å². The van der Waals surface area contributed by atoms with E-state index >= 15 is 0 Å². The van der Waals surface area contributed by atoms with Crippen LogP contribution in [-0.4, -0.2) is 16.1 Å². The van der Waals surface area contributed by atoms with Gasteiger partial charge in [-0.3, -0.25) is 4.79 Å². The van der Waals surface area contributed by atoms with E-state index in [1.165, 1.54) is 6.20 Å². The molecule has 2 rings (SSSR count). The zero-order valence-corrected chi connectivity index (χ0v) is 10.5. The second-order valence-corrected chi connectivity index (χ2v) is 4.09. The molecule has 0 aliphatic carbocycles. The van der Waals surface area contributed by atoms with E-state index in [0.717, 1.165) is 0 Å². The Morgan fingerprint density at radius 3 is 2.62 bits per heavy atom. The van der Waals surface area contributed by atoms with Crippen molar-refractivity contribution in [2.24, 2.45) is 0 Å². The van der Waals surface area contributed by atoms with Crippen LogP contribution in [-0.2, 0) is 12.7 Å². The monoisotopic (exact) mass is 299 g/mol. The SMILES string of the molecule is O=C(NCc1cccnn1)c1cc(C(F)(F)F)ccc1F. The van der Waals surface area contributed by atoms with Crippen molar-refractivity contribution in [2.45, 2.75) is 12.7 Å². The van der Waals surface area contributed by atoms with Gasteiger partial charge < -0.3 is 5.32 Å². The van der Waals surface area contributed by atoms with Gasteiger partial charge in [0.15, 0.2) is 0 Å². The number of amides is 1. The van der Waals surface area contributed by atoms with Crippen LogP contribution in [0.1, 0.15) is 21.6 Å². The maximum Gasteiger partial charge on any atom is 0.416 e. The van der Waals surface area contributed by atoms with Gasteiger partial charge in [-0.1, -0.05) is 0 Å². The lowest BCUT2D eigenvalue weighted by molar-refractivity contribution is -0.137. The number of carbonyl (C=O) groups excluding carboxylic acids is 1. The molecule has 110 valence electrons. The van der Waals surface area contributed by atoms with E-state index in [0.29, 0.717) is 23.9 Å². The summed E-state index contributed by atoms with van der Waals surface area (Å²) in [7, 11) is 0. The lowest BCUT2D eigenvalue weighted by Crippen LogP contribution is -2.25. The highest BCUT2D eigenvalue weighted by Crippen LogP contribution is 2.30. The maximum atomic E-state index is 13.5. The molecule has 21 heavy (non-hydrogen) atoms. The summed E-state index contributed by atoms with van der Waals surface area (Å²) < 4.78 is 51.1. The minimum Gasteiger partial charge on any atom is -0.346 e. The van der Waals surface area contributed by atoms with Crippen molar-refractivity contribution in [3.63, 3.8) is 0 Å². The highest BCUT2D eigenvalue weighted by molar-refractivity contribution is 5.94. The standard InChI is InChI=1S/C13H9F4N3O/c14-11-4-3-8(13(15,16)17)6-10(11)12(21)18-7-9-2-1-5-19-20-9/h1-6H,7H2,(H,18,21). The number of carbonyl (C=O) groups is 1. The lowest BCUT2D eigenvalue weighted by Gasteiger charge is -2.10. The molecule has 0 unspecified atom stereocenters. The first kappa shape index (κ1) is 14.9. The Hall–Kier alpha value is -2.51. The molecule has 0 saturated heterocycles. The number of nitrogens with one attached hydrogen (secondary N) is 1. The molecule has 0 spiro atoms. The summed E-state index contributed by atoms with van der Waals surface area (Å²) in [6.07, 6.45) is -3.22. The minimum absolute atomic E-state index is 0.0671. The smallest absolute Gasteiger partial charge is 0.346 e. The predicted octanol–water partition coefficient (Wildman–Crippen LogP) is 2.56. The van der Waals surface area contributed by atoms with Gasteiger partial charge in [0.2, 0.25) is 0 Å². The van der Waals surface area contributed by atoms with Crippen LogP contribution in [0, 0.1) is 5.82 Å². The molecule has 1 N–H and O–H groups in total. The number of rotatable bonds is 3. The van der Waals surface area contributed by atoms with Crippen molar-refractivity contribution in [1.82, 2.24) is 15.5 Å². The van der Waals surface area contributed by atoms with Crippen LogP contribution in [0.3, 0.4) is 0 Å². The van der Waals surface area contributed by atoms with Gasteiger partial charge in [0.25, 0.3) is 5.91 Å². The first-order valence-corrected chi connectivity index (χ1v) is 5.79. The topological polar surface area (TPSA) is 54.9 Å². The molecule has 0 bridgehead atoms. The third-order valence-corrected chi connectivity index (χ3v) is 2.60. The van der Waals surface area contributed by atoms with Crippen LogP contribution in [0.4, 0.5) is 17.6 Å². The molecule has 1 amide bonds. The summed E-state index contributed by atoms with van der Waals surface area (Å²) in [6.45, 7) is -0.0671. The lowest BCUT2D eigenvalue weighted by atomic mass is 10.1. The van der Waals surface area contributed by atoms with Gasteiger partial charge in [-0.05, 0) is 30.3 Å². The summed E-state index contributed by atoms with van der Waals surface area (Å²) in [5.74, 6) is -1.98. The van der Waals surface area contributed by atoms with Crippen molar-refractivity contribution in [2.75, 3.05) is 0 Å². The van der Waals surface area contributed by atoms with Crippen molar-refractivity contribution < 1.29 is 22.4 Å². The van der Waals surface area contributed by atoms with Gasteiger partial charge in [-0.2, -0.15) is 23.4 Å². The third-order valence-electron chi connectivity index (χ3n) is 2.60. The number of halogens is 4. The zero-order chi connectivity index (χ0) is 15.5. The molecule has 8 heteroatoms. The molecule has 0 atom stereocenters. The summed E-state index contributed by atoms with van der Waals surface area (Å²) >= 11 is 0. The van der Waals surface area contributed by atoms with Crippen molar-refractivity contribution in [3.05, 3.63) is 59.2 Å². The molecule has 1 aromatic carbocycles. The van der Waals surface area contributed by atoms with Gasteiger partial charge in [0.1, 0.15) is 5.82 Å². The first-order chi connectivity index (χ1) is 9.88. The van der Waals surface area contributed by atoms with E-state index in [4.69, 9.17) is 0 Å². The van der Waals surface area contributed by atoms with Gasteiger partial charge in [-0.15, -0.1) is 0 Å². The van der Waals surface area contributed by atoms with Crippen molar-refractivity contribution >= 4 is 5.91 Å². The van der Waals surface area contributed by atoms with E-state index in [2.05, 4.69) is 15.5 Å². The molecule has 0 aliphatic rings. The Balaban J connectivity index is 2.15. The van der Waals surface area contributed by atoms with E-state index in [1.54, 1.807) is 12.1 Å². The normalized spacial score (nSPS) is 11.2. The number of benzene rings is 1. The molecular weight excluding hydrogens is 290 g/mol. The number of hydrogen-bond acceptors (Lipinski definition) is 3. The third kappa shape index (κ3) is 3.74. The van der Waals surface area contributed by atoms with Crippen molar-refractivity contribution in [3.8, 4) is 0 Å². The van der Waals surface area contributed by atoms with Crippen LogP contribution in [0.5, 0.6) is 0 Å². The molecule has 4 nitrogen and oxygen atoms in total. The number of hydrogen-bond donors (Lipinski definition) is 1. The van der Waals surface area contributed by atoms with E-state index < -0.39 is 29.0 Å². The van der Waals surface area contributed by atoms with Crippen molar-refractivity contribution in [1.29, 1.82) is 0 Å². The van der Waals surface area contributed by atoms with Crippen LogP contribution < -0.4 is 5.32 Å². The molecule has 2 aromatic rings. The van der Waals surface area contributed by atoms with Crippen LogP contribution in [0.25, 0.3) is 0 Å². The predicted molar refractivity (Wildman–Crippen MR) is 64.6 cm³/mol. The zero-order valence-electron chi connectivity index (χ0n) is 10.5. The molecule has 0 fully saturated rings.